The number of hydrogen-bond acceptors (Lipinski definition) is 4. The minimum atomic E-state index is -0.0785. The van der Waals surface area contributed by atoms with Crippen LogP contribution in [0.15, 0.2) is 24.3 Å². The largest absolute Gasteiger partial charge is 0.378 e. The van der Waals surface area contributed by atoms with E-state index < -0.39 is 0 Å². The lowest BCUT2D eigenvalue weighted by molar-refractivity contribution is 0.0303. The van der Waals surface area contributed by atoms with Gasteiger partial charge in [0.2, 0.25) is 0 Å². The number of nitrogens with zero attached hydrogens (tertiary/aromatic N) is 2. The monoisotopic (exact) mass is 373 g/mol. The zero-order valence-electron chi connectivity index (χ0n) is 16.4. The van der Waals surface area contributed by atoms with Crippen molar-refractivity contribution >= 4 is 11.8 Å². The molecule has 2 saturated heterocycles. The molecule has 6 nitrogen and oxygen atoms in total. The van der Waals surface area contributed by atoms with E-state index in [2.05, 4.69) is 24.1 Å². The maximum Gasteiger partial charge on any atom is 0.254 e. The van der Waals surface area contributed by atoms with Crippen molar-refractivity contribution < 1.29 is 14.3 Å². The van der Waals surface area contributed by atoms with E-state index in [1.165, 1.54) is 12.8 Å². The number of nitrogens with one attached hydrogen (secondary N) is 1. The molecule has 1 aromatic carbocycles. The Kier molecular flexibility index (Phi) is 6.85. The molecule has 148 valence electrons. The topological polar surface area (TPSA) is 61.9 Å². The fourth-order valence-corrected chi connectivity index (χ4v) is 3.87. The molecule has 1 unspecified atom stereocenters. The van der Waals surface area contributed by atoms with Gasteiger partial charge in [-0.05, 0) is 56.1 Å². The van der Waals surface area contributed by atoms with Crippen LogP contribution in [0.2, 0.25) is 0 Å². The summed E-state index contributed by atoms with van der Waals surface area (Å²) in [5.41, 5.74) is 1.21. The van der Waals surface area contributed by atoms with Crippen molar-refractivity contribution in [3.05, 3.63) is 35.4 Å². The standard InChI is InChI=1S/C21H31N3O3/c1-16(2)19(23-9-3-4-10-23)15-22-20(25)17-5-7-18(8-6-17)21(26)24-11-13-27-14-12-24/h5-8,16,19H,3-4,9-15H2,1-2H3,(H,22,25). The Hall–Kier alpha value is -1.92. The van der Waals surface area contributed by atoms with E-state index in [1.807, 2.05) is 0 Å². The molecular formula is C21H31N3O3. The molecule has 0 saturated carbocycles. The normalized spacial score (nSPS) is 19.3. The first kappa shape index (κ1) is 19.8. The van der Waals surface area contributed by atoms with E-state index >= 15 is 0 Å². The number of hydrogen-bond donors (Lipinski definition) is 1. The van der Waals surface area contributed by atoms with Crippen LogP contribution in [0.4, 0.5) is 0 Å². The number of benzene rings is 1. The summed E-state index contributed by atoms with van der Waals surface area (Å²) in [6.45, 7) is 9.73. The van der Waals surface area contributed by atoms with Crippen LogP contribution in [0, 0.1) is 5.92 Å². The highest BCUT2D eigenvalue weighted by Gasteiger charge is 2.25. The lowest BCUT2D eigenvalue weighted by atomic mass is 10.0. The first-order chi connectivity index (χ1) is 13.1. The smallest absolute Gasteiger partial charge is 0.254 e. The van der Waals surface area contributed by atoms with Gasteiger partial charge in [-0.1, -0.05) is 13.8 Å². The van der Waals surface area contributed by atoms with Gasteiger partial charge in [0.15, 0.2) is 0 Å². The maximum atomic E-state index is 12.5. The number of carbonyl (C=O) groups excluding carboxylic acids is 2. The molecular weight excluding hydrogens is 342 g/mol. The summed E-state index contributed by atoms with van der Waals surface area (Å²) in [5, 5.41) is 3.08. The third-order valence-corrected chi connectivity index (χ3v) is 5.54. The highest BCUT2D eigenvalue weighted by Crippen LogP contribution is 2.17. The minimum absolute atomic E-state index is 0.000775. The van der Waals surface area contributed by atoms with Crippen LogP contribution in [0.5, 0.6) is 0 Å². The van der Waals surface area contributed by atoms with Gasteiger partial charge in [0, 0.05) is 36.8 Å². The van der Waals surface area contributed by atoms with Crippen LogP contribution in [-0.2, 0) is 4.74 Å². The van der Waals surface area contributed by atoms with Crippen molar-refractivity contribution in [2.45, 2.75) is 32.7 Å². The minimum Gasteiger partial charge on any atom is -0.378 e. The van der Waals surface area contributed by atoms with Crippen LogP contribution in [0.3, 0.4) is 0 Å². The summed E-state index contributed by atoms with van der Waals surface area (Å²) < 4.78 is 5.29. The molecule has 2 fully saturated rings. The lowest BCUT2D eigenvalue weighted by Gasteiger charge is -2.31. The number of likely N-dealkylation sites (tertiary alicyclic amines) is 1. The lowest BCUT2D eigenvalue weighted by Crippen LogP contribution is -2.45. The van der Waals surface area contributed by atoms with E-state index in [0.29, 0.717) is 55.9 Å². The first-order valence-corrected chi connectivity index (χ1v) is 10.1. The van der Waals surface area contributed by atoms with Crippen LogP contribution >= 0.6 is 0 Å². The predicted octanol–water partition coefficient (Wildman–Crippen LogP) is 2.01. The molecule has 1 N–H and O–H groups in total. The maximum absolute atomic E-state index is 12.5. The van der Waals surface area contributed by atoms with Crippen LogP contribution < -0.4 is 5.32 Å². The second-order valence-corrected chi connectivity index (χ2v) is 7.75. The fourth-order valence-electron chi connectivity index (χ4n) is 3.87. The fraction of sp³-hybridized carbons (Fsp3) is 0.619. The molecule has 1 atom stereocenters. The molecule has 6 heteroatoms. The Labute approximate surface area is 161 Å². The van der Waals surface area contributed by atoms with Gasteiger partial charge < -0.3 is 15.0 Å². The Morgan fingerprint density at radius 3 is 2.19 bits per heavy atom. The van der Waals surface area contributed by atoms with Crippen molar-refractivity contribution in [1.82, 2.24) is 15.1 Å². The number of morpholine rings is 1. The SMILES string of the molecule is CC(C)C(CNC(=O)c1ccc(C(=O)N2CCOCC2)cc1)N1CCCC1. The van der Waals surface area contributed by atoms with Gasteiger partial charge in [-0.25, -0.2) is 0 Å². The van der Waals surface area contributed by atoms with Crippen molar-refractivity contribution in [1.29, 1.82) is 0 Å². The molecule has 0 spiro atoms. The average molecular weight is 373 g/mol. The summed E-state index contributed by atoms with van der Waals surface area (Å²) in [7, 11) is 0. The van der Waals surface area contributed by atoms with Gasteiger partial charge in [-0.3, -0.25) is 14.5 Å². The molecule has 2 aliphatic rings. The second kappa shape index (κ2) is 9.33. The second-order valence-electron chi connectivity index (χ2n) is 7.75. The zero-order valence-corrected chi connectivity index (χ0v) is 16.4. The van der Waals surface area contributed by atoms with Gasteiger partial charge in [0.25, 0.3) is 11.8 Å². The van der Waals surface area contributed by atoms with Gasteiger partial charge in [-0.2, -0.15) is 0 Å². The average Bonchev–Trinajstić information content (AvgIpc) is 3.22. The molecule has 1 aromatic rings. The van der Waals surface area contributed by atoms with Gasteiger partial charge >= 0.3 is 0 Å². The summed E-state index contributed by atoms with van der Waals surface area (Å²) in [6.07, 6.45) is 2.49. The molecule has 0 bridgehead atoms. The molecule has 0 radical (unpaired) electrons. The molecule has 2 amide bonds. The number of rotatable bonds is 6. The van der Waals surface area contributed by atoms with Gasteiger partial charge in [-0.15, -0.1) is 0 Å². The van der Waals surface area contributed by atoms with Gasteiger partial charge in [0.1, 0.15) is 0 Å². The van der Waals surface area contributed by atoms with E-state index in [1.54, 1.807) is 29.2 Å². The van der Waals surface area contributed by atoms with Crippen LogP contribution in [0.25, 0.3) is 0 Å². The summed E-state index contributed by atoms with van der Waals surface area (Å²) in [5.74, 6) is 0.418. The quantitative estimate of drug-likeness (QED) is 0.829. The van der Waals surface area contributed by atoms with Gasteiger partial charge in [0.05, 0.1) is 13.2 Å². The Morgan fingerprint density at radius 1 is 1.00 bits per heavy atom. The third kappa shape index (κ3) is 5.08. The van der Waals surface area contributed by atoms with Crippen molar-refractivity contribution in [2.24, 2.45) is 5.92 Å². The third-order valence-electron chi connectivity index (χ3n) is 5.54. The van der Waals surface area contributed by atoms with E-state index in [9.17, 15) is 9.59 Å². The zero-order chi connectivity index (χ0) is 19.2. The first-order valence-electron chi connectivity index (χ1n) is 10.1. The van der Waals surface area contributed by atoms with E-state index in [-0.39, 0.29) is 11.8 Å². The van der Waals surface area contributed by atoms with Crippen LogP contribution in [-0.4, -0.2) is 73.6 Å². The highest BCUT2D eigenvalue weighted by molar-refractivity contribution is 5.97. The summed E-state index contributed by atoms with van der Waals surface area (Å²) in [6, 6.07) is 7.34. The summed E-state index contributed by atoms with van der Waals surface area (Å²) >= 11 is 0. The molecule has 3 rings (SSSR count). The Morgan fingerprint density at radius 2 is 1.59 bits per heavy atom. The molecule has 27 heavy (non-hydrogen) atoms. The molecule has 2 heterocycles. The molecule has 2 aliphatic heterocycles. The van der Waals surface area contributed by atoms with E-state index in [4.69, 9.17) is 4.74 Å². The van der Waals surface area contributed by atoms with Crippen molar-refractivity contribution in [3.63, 3.8) is 0 Å². The van der Waals surface area contributed by atoms with Crippen molar-refractivity contribution in [2.75, 3.05) is 45.9 Å². The van der Waals surface area contributed by atoms with Crippen LogP contribution in [0.1, 0.15) is 47.4 Å². The Bertz CT molecular complexity index is 633. The predicted molar refractivity (Wildman–Crippen MR) is 105 cm³/mol. The summed E-state index contributed by atoms with van der Waals surface area (Å²) in [4.78, 5) is 29.3. The number of amides is 2. The van der Waals surface area contributed by atoms with Crippen molar-refractivity contribution in [3.8, 4) is 0 Å². The highest BCUT2D eigenvalue weighted by atomic mass is 16.5. The molecule has 0 aromatic heterocycles. The molecule has 0 aliphatic carbocycles. The number of ether oxygens (including phenoxy) is 1. The number of carbonyl (C=O) groups is 2. The Balaban J connectivity index is 1.55. The van der Waals surface area contributed by atoms with E-state index in [0.717, 1.165) is 13.1 Å².